The average molecular weight is 259 g/mol. The summed E-state index contributed by atoms with van der Waals surface area (Å²) in [7, 11) is 0. The van der Waals surface area contributed by atoms with Gasteiger partial charge in [0.25, 0.3) is 5.69 Å². The quantitative estimate of drug-likeness (QED) is 0.162. The van der Waals surface area contributed by atoms with Crippen LogP contribution < -0.4 is 27.2 Å². The molecule has 0 spiro atoms. The van der Waals surface area contributed by atoms with Crippen LogP contribution in [0.15, 0.2) is 18.2 Å². The first kappa shape index (κ1) is 12.7. The lowest BCUT2D eigenvalue weighted by Crippen LogP contribution is -2.96. The van der Waals surface area contributed by atoms with Crippen LogP contribution >= 0.6 is 11.6 Å². The molecule has 8 nitrogen and oxygen atoms in total. The van der Waals surface area contributed by atoms with Gasteiger partial charge in [0, 0.05) is 6.07 Å². The van der Waals surface area contributed by atoms with E-state index in [1.807, 2.05) is 0 Å². The first-order chi connectivity index (χ1) is 7.90. The predicted molar refractivity (Wildman–Crippen MR) is 62.3 cm³/mol. The Balaban J connectivity index is 3.18. The van der Waals surface area contributed by atoms with E-state index in [0.29, 0.717) is 0 Å². The van der Waals surface area contributed by atoms with Gasteiger partial charge in [0.2, 0.25) is 0 Å². The lowest BCUT2D eigenvalue weighted by atomic mass is 10.3. The smallest absolute Gasteiger partial charge is 0.275 e. The number of nitrogens with two attached hydrogens (primary N) is 3. The molecular weight excluding hydrogens is 248 g/mol. The van der Waals surface area contributed by atoms with E-state index in [1.165, 1.54) is 18.2 Å². The fraction of sp³-hybridized carbons (Fsp3) is 0. The van der Waals surface area contributed by atoms with E-state index in [4.69, 9.17) is 28.8 Å². The molecule has 0 fully saturated rings. The first-order valence-corrected chi connectivity index (χ1v) is 4.76. The summed E-state index contributed by atoms with van der Waals surface area (Å²) in [6, 6.07) is 3.90. The van der Waals surface area contributed by atoms with Gasteiger partial charge in [0.15, 0.2) is 0 Å². The van der Waals surface area contributed by atoms with E-state index in [9.17, 15) is 10.1 Å². The maximum atomic E-state index is 10.6. The Kier molecular flexibility index (Phi) is 3.83. The number of guanidine groups is 2. The van der Waals surface area contributed by atoms with E-state index in [1.54, 1.807) is 0 Å². The van der Waals surface area contributed by atoms with Crippen molar-refractivity contribution in [1.82, 2.24) is 0 Å². The molecule has 0 aliphatic carbocycles. The van der Waals surface area contributed by atoms with E-state index in [-0.39, 0.29) is 28.3 Å². The molecule has 0 aromatic heterocycles. The molecular formula is C8H11ClN6O2+2. The number of non-ortho nitro benzene ring substituents is 1. The number of benzene rings is 1. The highest BCUT2D eigenvalue weighted by atomic mass is 35.5. The highest BCUT2D eigenvalue weighted by Gasteiger charge is 2.11. The Morgan fingerprint density at radius 1 is 1.35 bits per heavy atom. The highest BCUT2D eigenvalue weighted by Crippen LogP contribution is 2.22. The number of hydrogen-bond donors (Lipinski definition) is 5. The van der Waals surface area contributed by atoms with Gasteiger partial charge < -0.3 is 0 Å². The standard InChI is InChI=1S/C8H9ClN6O2/c9-5-2-1-4(15(16)17)3-6(5)13-8(12)14-7(10)11/h1-3H,(H6,10,11,12,13,14)/p+2. The Morgan fingerprint density at radius 2 is 2.00 bits per heavy atom. The molecule has 8 N–H and O–H groups in total. The van der Waals surface area contributed by atoms with Crippen molar-refractivity contribution in [3.05, 3.63) is 33.3 Å². The van der Waals surface area contributed by atoms with Crippen LogP contribution in [0.25, 0.3) is 0 Å². The molecule has 0 bridgehead atoms. The minimum atomic E-state index is -0.547. The van der Waals surface area contributed by atoms with Crippen molar-refractivity contribution in [3.8, 4) is 0 Å². The van der Waals surface area contributed by atoms with E-state index >= 15 is 0 Å². The molecule has 0 aliphatic rings. The molecule has 0 aliphatic heterocycles. The second kappa shape index (κ2) is 5.12. The molecule has 0 amide bonds. The Hall–Kier alpha value is -2.35. The van der Waals surface area contributed by atoms with Gasteiger partial charge in [-0.25, -0.2) is 4.99 Å². The van der Waals surface area contributed by atoms with Crippen LogP contribution in [0.3, 0.4) is 0 Å². The largest absolute Gasteiger partial charge is 0.390 e. The molecule has 0 saturated heterocycles. The van der Waals surface area contributed by atoms with Crippen molar-refractivity contribution in [2.24, 2.45) is 17.2 Å². The maximum absolute atomic E-state index is 10.6. The molecule has 0 unspecified atom stereocenters. The summed E-state index contributed by atoms with van der Waals surface area (Å²) in [5, 5.41) is 10.8. The van der Waals surface area contributed by atoms with Crippen molar-refractivity contribution >= 4 is 34.9 Å². The van der Waals surface area contributed by atoms with Gasteiger partial charge in [0.05, 0.1) is 16.0 Å². The van der Waals surface area contributed by atoms with E-state index in [0.717, 1.165) is 0 Å². The Labute approximate surface area is 101 Å². The molecule has 1 aromatic rings. The summed E-state index contributed by atoms with van der Waals surface area (Å²) in [5.41, 5.74) is 16.0. The number of rotatable bonds is 2. The molecule has 0 saturated carbocycles. The van der Waals surface area contributed by atoms with Crippen LogP contribution in [-0.4, -0.2) is 16.8 Å². The van der Waals surface area contributed by atoms with Crippen molar-refractivity contribution in [3.63, 3.8) is 0 Å². The molecule has 0 radical (unpaired) electrons. The SMILES string of the molecule is NC(N)=[NH+]C(N)=[NH+]c1cc([N+](=O)[O-])ccc1Cl. The number of halogens is 1. The van der Waals surface area contributed by atoms with Crippen molar-refractivity contribution in [1.29, 1.82) is 0 Å². The number of nitro benzene ring substituents is 1. The Morgan fingerprint density at radius 3 is 2.53 bits per heavy atom. The molecule has 1 aromatic carbocycles. The topological polar surface area (TPSA) is 149 Å². The molecule has 17 heavy (non-hydrogen) atoms. The summed E-state index contributed by atoms with van der Waals surface area (Å²) >= 11 is 5.83. The number of nitro groups is 1. The molecule has 0 atom stereocenters. The van der Waals surface area contributed by atoms with Crippen LogP contribution in [0, 0.1) is 10.1 Å². The minimum Gasteiger partial charge on any atom is -0.275 e. The monoisotopic (exact) mass is 258 g/mol. The van der Waals surface area contributed by atoms with Gasteiger partial charge in [-0.2, -0.15) is 4.99 Å². The van der Waals surface area contributed by atoms with E-state index < -0.39 is 4.92 Å². The summed E-state index contributed by atoms with van der Waals surface area (Å²) in [6.07, 6.45) is 0. The lowest BCUT2D eigenvalue weighted by Gasteiger charge is -1.96. The highest BCUT2D eigenvalue weighted by molar-refractivity contribution is 6.32. The van der Waals surface area contributed by atoms with Crippen molar-refractivity contribution in [2.75, 3.05) is 0 Å². The lowest BCUT2D eigenvalue weighted by molar-refractivity contribution is -0.459. The van der Waals surface area contributed by atoms with Gasteiger partial charge in [0.1, 0.15) is 5.69 Å². The third-order valence-corrected chi connectivity index (χ3v) is 2.04. The van der Waals surface area contributed by atoms with Gasteiger partial charge in [-0.05, 0) is 6.07 Å². The van der Waals surface area contributed by atoms with Crippen LogP contribution in [0.4, 0.5) is 11.4 Å². The molecule has 1 rings (SSSR count). The van der Waals surface area contributed by atoms with Gasteiger partial charge >= 0.3 is 11.9 Å². The van der Waals surface area contributed by atoms with Gasteiger partial charge in [-0.15, -0.1) is 0 Å². The summed E-state index contributed by atoms with van der Waals surface area (Å²) in [5.74, 6) is -0.107. The normalized spacial score (nSPS) is 11.0. The second-order valence-electron chi connectivity index (χ2n) is 3.04. The van der Waals surface area contributed by atoms with Crippen LogP contribution in [0.1, 0.15) is 0 Å². The summed E-state index contributed by atoms with van der Waals surface area (Å²) < 4.78 is 0. The maximum Gasteiger partial charge on any atom is 0.390 e. The third kappa shape index (κ3) is 3.61. The van der Waals surface area contributed by atoms with E-state index in [2.05, 4.69) is 9.98 Å². The summed E-state index contributed by atoms with van der Waals surface area (Å²) in [6.45, 7) is 0. The van der Waals surface area contributed by atoms with Crippen LogP contribution in [0.5, 0.6) is 0 Å². The first-order valence-electron chi connectivity index (χ1n) is 4.38. The average Bonchev–Trinajstić information content (AvgIpc) is 2.19. The van der Waals surface area contributed by atoms with Crippen LogP contribution in [0.2, 0.25) is 5.02 Å². The van der Waals surface area contributed by atoms with Crippen molar-refractivity contribution in [2.45, 2.75) is 0 Å². The van der Waals surface area contributed by atoms with Gasteiger partial charge in [-0.3, -0.25) is 27.3 Å². The second-order valence-corrected chi connectivity index (χ2v) is 3.45. The minimum absolute atomic E-state index is 0.00685. The van der Waals surface area contributed by atoms with Crippen molar-refractivity contribution < 1.29 is 14.9 Å². The fourth-order valence-electron chi connectivity index (χ4n) is 1.05. The third-order valence-electron chi connectivity index (χ3n) is 1.71. The molecule has 0 heterocycles. The zero-order chi connectivity index (χ0) is 13.0. The van der Waals surface area contributed by atoms with Crippen LogP contribution in [-0.2, 0) is 0 Å². The number of nitrogens with zero attached hydrogens (tertiary/aromatic N) is 1. The zero-order valence-corrected chi connectivity index (χ0v) is 9.36. The Bertz CT molecular complexity index is 509. The number of hydrogen-bond acceptors (Lipinski definition) is 2. The predicted octanol–water partition coefficient (Wildman–Crippen LogP) is -3.37. The fourth-order valence-corrected chi connectivity index (χ4v) is 1.22. The zero-order valence-electron chi connectivity index (χ0n) is 8.61. The number of nitrogens with one attached hydrogen (secondary N) is 2. The summed E-state index contributed by atoms with van der Waals surface area (Å²) in [4.78, 5) is 15.0. The van der Waals surface area contributed by atoms with Gasteiger partial charge in [-0.1, -0.05) is 11.6 Å². The molecule has 9 heteroatoms. The molecule has 90 valence electrons.